The van der Waals surface area contributed by atoms with Crippen molar-refractivity contribution in [3.8, 4) is 5.75 Å². The summed E-state index contributed by atoms with van der Waals surface area (Å²) in [6.07, 6.45) is 0.765. The number of sulfonamides is 1. The number of ether oxygens (including phenoxy) is 1. The first-order chi connectivity index (χ1) is 12.9. The first kappa shape index (κ1) is 18.9. The van der Waals surface area contributed by atoms with Crippen molar-refractivity contribution < 1.29 is 22.7 Å². The summed E-state index contributed by atoms with van der Waals surface area (Å²) in [5, 5.41) is 2.69. The Labute approximate surface area is 156 Å². The second-order valence-electron chi connectivity index (χ2n) is 5.88. The lowest BCUT2D eigenvalue weighted by molar-refractivity contribution is -0.116. The van der Waals surface area contributed by atoms with Gasteiger partial charge in [-0.3, -0.25) is 15.0 Å². The van der Waals surface area contributed by atoms with Gasteiger partial charge in [0.15, 0.2) is 0 Å². The topological polar surface area (TPSA) is 114 Å². The smallest absolute Gasteiger partial charge is 0.266 e. The maximum absolute atomic E-state index is 12.4. The Bertz CT molecular complexity index is 971. The third kappa shape index (κ3) is 4.44. The van der Waals surface area contributed by atoms with Crippen LogP contribution in [0.2, 0.25) is 0 Å². The predicted molar refractivity (Wildman–Crippen MR) is 98.8 cm³/mol. The van der Waals surface area contributed by atoms with Crippen molar-refractivity contribution in [2.75, 3.05) is 11.9 Å². The van der Waals surface area contributed by atoms with Crippen LogP contribution in [0.25, 0.3) is 0 Å². The van der Waals surface area contributed by atoms with Crippen molar-refractivity contribution in [1.29, 1.82) is 0 Å². The van der Waals surface area contributed by atoms with Gasteiger partial charge in [-0.25, -0.2) is 8.42 Å². The molecule has 2 aromatic rings. The standard InChI is InChI=1S/C18H19N3O5S/c1-2-26-14-6-3-12(4-7-14)18(23)20-21-27(24,25)15-8-9-16-13(11-15)5-10-17(22)19-16/h3-4,6-9,11,21H,2,5,10H2,1H3,(H,19,22)(H,20,23). The molecule has 0 aromatic heterocycles. The van der Waals surface area contributed by atoms with Gasteiger partial charge in [-0.2, -0.15) is 0 Å². The lowest BCUT2D eigenvalue weighted by atomic mass is 10.0. The molecule has 0 atom stereocenters. The van der Waals surface area contributed by atoms with E-state index in [0.29, 0.717) is 30.9 Å². The summed E-state index contributed by atoms with van der Waals surface area (Å²) < 4.78 is 30.1. The van der Waals surface area contributed by atoms with Gasteiger partial charge in [0.05, 0.1) is 11.5 Å². The average molecular weight is 389 g/mol. The lowest BCUT2D eigenvalue weighted by Crippen LogP contribution is -2.41. The molecule has 0 spiro atoms. The number of carbonyl (C=O) groups is 2. The maximum atomic E-state index is 12.4. The van der Waals surface area contributed by atoms with E-state index in [9.17, 15) is 18.0 Å². The van der Waals surface area contributed by atoms with Crippen molar-refractivity contribution >= 4 is 27.5 Å². The molecular formula is C18H19N3O5S. The summed E-state index contributed by atoms with van der Waals surface area (Å²) in [4.78, 5) is 25.6. The zero-order valence-corrected chi connectivity index (χ0v) is 15.4. The van der Waals surface area contributed by atoms with Crippen LogP contribution < -0.4 is 20.3 Å². The molecule has 3 N–H and O–H groups in total. The van der Waals surface area contributed by atoms with Crippen LogP contribution in [0.3, 0.4) is 0 Å². The highest BCUT2D eigenvalue weighted by atomic mass is 32.2. The van der Waals surface area contributed by atoms with E-state index in [-0.39, 0.29) is 16.4 Å². The molecule has 0 saturated heterocycles. The Morgan fingerprint density at radius 3 is 2.59 bits per heavy atom. The Hall–Kier alpha value is -2.91. The molecular weight excluding hydrogens is 370 g/mol. The Morgan fingerprint density at radius 1 is 1.15 bits per heavy atom. The van der Waals surface area contributed by atoms with Gasteiger partial charge in [0.2, 0.25) is 5.91 Å². The van der Waals surface area contributed by atoms with Gasteiger partial charge in [0.25, 0.3) is 15.9 Å². The molecule has 2 aromatic carbocycles. The molecule has 3 rings (SSSR count). The number of amides is 2. The Morgan fingerprint density at radius 2 is 1.89 bits per heavy atom. The molecule has 1 aliphatic heterocycles. The molecule has 142 valence electrons. The normalized spacial score (nSPS) is 13.4. The molecule has 1 aliphatic rings. The Balaban J connectivity index is 1.67. The molecule has 0 fully saturated rings. The summed E-state index contributed by atoms with van der Waals surface area (Å²) in [5.41, 5.74) is 3.81. The molecule has 0 saturated carbocycles. The van der Waals surface area contributed by atoms with E-state index in [4.69, 9.17) is 4.74 Å². The van der Waals surface area contributed by atoms with Gasteiger partial charge < -0.3 is 10.1 Å². The second kappa shape index (κ2) is 7.77. The first-order valence-corrected chi connectivity index (χ1v) is 9.85. The lowest BCUT2D eigenvalue weighted by Gasteiger charge is -2.17. The van der Waals surface area contributed by atoms with Crippen LogP contribution in [0.1, 0.15) is 29.3 Å². The molecule has 2 amide bonds. The number of hydrogen-bond donors (Lipinski definition) is 3. The summed E-state index contributed by atoms with van der Waals surface area (Å²) >= 11 is 0. The van der Waals surface area contributed by atoms with Gasteiger partial charge in [0, 0.05) is 17.7 Å². The van der Waals surface area contributed by atoms with E-state index >= 15 is 0 Å². The number of nitrogens with one attached hydrogen (secondary N) is 3. The van der Waals surface area contributed by atoms with Gasteiger partial charge in [-0.15, -0.1) is 4.83 Å². The molecule has 0 aliphatic carbocycles. The number of fused-ring (bicyclic) bond motifs is 1. The van der Waals surface area contributed by atoms with E-state index in [1.165, 1.54) is 30.3 Å². The van der Waals surface area contributed by atoms with E-state index in [0.717, 1.165) is 5.56 Å². The number of anilines is 1. The molecule has 9 heteroatoms. The van der Waals surface area contributed by atoms with Crippen molar-refractivity contribution in [2.45, 2.75) is 24.7 Å². The van der Waals surface area contributed by atoms with Crippen LogP contribution in [0.4, 0.5) is 5.69 Å². The molecule has 0 unspecified atom stereocenters. The summed E-state index contributed by atoms with van der Waals surface area (Å²) in [6, 6.07) is 10.7. The molecule has 8 nitrogen and oxygen atoms in total. The van der Waals surface area contributed by atoms with Crippen LogP contribution >= 0.6 is 0 Å². The van der Waals surface area contributed by atoms with Crippen LogP contribution in [-0.2, 0) is 21.2 Å². The first-order valence-electron chi connectivity index (χ1n) is 8.37. The van der Waals surface area contributed by atoms with Crippen LogP contribution in [0.15, 0.2) is 47.4 Å². The van der Waals surface area contributed by atoms with Gasteiger partial charge in [-0.1, -0.05) is 0 Å². The summed E-state index contributed by atoms with van der Waals surface area (Å²) in [7, 11) is -3.95. The highest BCUT2D eigenvalue weighted by Crippen LogP contribution is 2.25. The minimum atomic E-state index is -3.95. The third-order valence-electron chi connectivity index (χ3n) is 4.01. The van der Waals surface area contributed by atoms with Gasteiger partial charge in [0.1, 0.15) is 5.75 Å². The largest absolute Gasteiger partial charge is 0.494 e. The van der Waals surface area contributed by atoms with Crippen molar-refractivity contribution in [3.05, 3.63) is 53.6 Å². The van der Waals surface area contributed by atoms with Gasteiger partial charge in [-0.05, 0) is 61.4 Å². The number of hydrogen-bond acceptors (Lipinski definition) is 5. The monoisotopic (exact) mass is 389 g/mol. The average Bonchev–Trinajstić information content (AvgIpc) is 2.66. The number of carbonyl (C=O) groups excluding carboxylic acids is 2. The number of aryl methyl sites for hydroxylation is 1. The van der Waals surface area contributed by atoms with E-state index in [1.807, 2.05) is 6.92 Å². The van der Waals surface area contributed by atoms with E-state index in [1.54, 1.807) is 12.1 Å². The molecule has 27 heavy (non-hydrogen) atoms. The van der Waals surface area contributed by atoms with Crippen molar-refractivity contribution in [2.24, 2.45) is 0 Å². The van der Waals surface area contributed by atoms with Crippen LogP contribution in [0.5, 0.6) is 5.75 Å². The number of hydrazine groups is 1. The second-order valence-corrected chi connectivity index (χ2v) is 7.57. The predicted octanol–water partition coefficient (Wildman–Crippen LogP) is 1.59. The van der Waals surface area contributed by atoms with Crippen LogP contribution in [0, 0.1) is 0 Å². The molecule has 0 radical (unpaired) electrons. The van der Waals surface area contributed by atoms with Crippen molar-refractivity contribution in [3.63, 3.8) is 0 Å². The highest BCUT2D eigenvalue weighted by molar-refractivity contribution is 7.89. The van der Waals surface area contributed by atoms with E-state index in [2.05, 4.69) is 15.6 Å². The molecule has 1 heterocycles. The molecule has 0 bridgehead atoms. The Kier molecular flexibility index (Phi) is 5.43. The maximum Gasteiger partial charge on any atom is 0.266 e. The summed E-state index contributed by atoms with van der Waals surface area (Å²) in [6.45, 7) is 2.36. The SMILES string of the molecule is CCOc1ccc(C(=O)NNS(=O)(=O)c2ccc3c(c2)CCC(=O)N3)cc1. The fourth-order valence-electron chi connectivity index (χ4n) is 2.64. The van der Waals surface area contributed by atoms with Crippen LogP contribution in [-0.4, -0.2) is 26.8 Å². The zero-order chi connectivity index (χ0) is 19.4. The quantitative estimate of drug-likeness (QED) is 0.650. The number of rotatable bonds is 6. The third-order valence-corrected chi connectivity index (χ3v) is 5.25. The fraction of sp³-hybridized carbons (Fsp3) is 0.222. The minimum Gasteiger partial charge on any atom is -0.494 e. The summed E-state index contributed by atoms with van der Waals surface area (Å²) in [5.74, 6) is -0.0681. The van der Waals surface area contributed by atoms with E-state index < -0.39 is 15.9 Å². The highest BCUT2D eigenvalue weighted by Gasteiger charge is 2.20. The number of benzene rings is 2. The fourth-order valence-corrected chi connectivity index (χ4v) is 3.53. The van der Waals surface area contributed by atoms with Crippen molar-refractivity contribution in [1.82, 2.24) is 10.3 Å². The van der Waals surface area contributed by atoms with Gasteiger partial charge >= 0.3 is 0 Å². The minimum absolute atomic E-state index is 0.00407. The zero-order valence-electron chi connectivity index (χ0n) is 14.6.